The van der Waals surface area contributed by atoms with Crippen LogP contribution in [0, 0.1) is 0 Å². The van der Waals surface area contributed by atoms with E-state index in [0.29, 0.717) is 17.7 Å². The summed E-state index contributed by atoms with van der Waals surface area (Å²) in [7, 11) is 0. The van der Waals surface area contributed by atoms with Crippen LogP contribution in [-0.4, -0.2) is 30.2 Å². The quantitative estimate of drug-likeness (QED) is 0.329. The molecule has 1 fully saturated rings. The summed E-state index contributed by atoms with van der Waals surface area (Å²) in [5.41, 5.74) is 9.67. The maximum atomic E-state index is 12.0. The number of hydrogen-bond acceptors (Lipinski definition) is 6. The second-order valence-electron chi connectivity index (χ2n) is 6.04. The molecule has 134 valence electrons. The molecule has 0 radical (unpaired) electrons. The standard InChI is InChI=1S/C19H20N4O3/c1-13-11-17(22-21-13)18(24)23-20-12-14-7-9-16(10-8-14)26-19(25)15-5-3-2-4-6-15/h2-10,12-13,17,21-22H,11H2,1H3,(H,23,24)/b20-12+. The minimum atomic E-state index is -0.411. The Kier molecular flexibility index (Phi) is 5.73. The summed E-state index contributed by atoms with van der Waals surface area (Å²) in [4.78, 5) is 23.9. The van der Waals surface area contributed by atoms with Gasteiger partial charge in [-0.25, -0.2) is 15.6 Å². The number of hydrogen-bond donors (Lipinski definition) is 3. The molecule has 2 aromatic carbocycles. The van der Waals surface area contributed by atoms with Gasteiger partial charge in [0, 0.05) is 6.04 Å². The Morgan fingerprint density at radius 1 is 1.12 bits per heavy atom. The van der Waals surface area contributed by atoms with Crippen molar-refractivity contribution >= 4 is 18.1 Å². The van der Waals surface area contributed by atoms with Gasteiger partial charge in [-0.15, -0.1) is 0 Å². The van der Waals surface area contributed by atoms with Crippen LogP contribution in [0.15, 0.2) is 59.7 Å². The molecule has 0 spiro atoms. The van der Waals surface area contributed by atoms with Gasteiger partial charge >= 0.3 is 5.97 Å². The lowest BCUT2D eigenvalue weighted by molar-refractivity contribution is -0.122. The Hall–Kier alpha value is -3.03. The predicted molar refractivity (Wildman–Crippen MR) is 97.7 cm³/mol. The van der Waals surface area contributed by atoms with Crippen molar-refractivity contribution in [3.8, 4) is 5.75 Å². The van der Waals surface area contributed by atoms with E-state index in [1.807, 2.05) is 13.0 Å². The summed E-state index contributed by atoms with van der Waals surface area (Å²) in [6.07, 6.45) is 2.25. The number of nitrogens with zero attached hydrogens (tertiary/aromatic N) is 1. The van der Waals surface area contributed by atoms with Gasteiger partial charge in [-0.05, 0) is 55.3 Å². The first-order valence-corrected chi connectivity index (χ1v) is 8.33. The van der Waals surface area contributed by atoms with E-state index in [9.17, 15) is 9.59 Å². The summed E-state index contributed by atoms with van der Waals surface area (Å²) in [6, 6.07) is 15.6. The smallest absolute Gasteiger partial charge is 0.343 e. The van der Waals surface area contributed by atoms with Crippen LogP contribution >= 0.6 is 0 Å². The van der Waals surface area contributed by atoms with Crippen LogP contribution in [0.1, 0.15) is 29.3 Å². The maximum absolute atomic E-state index is 12.0. The number of benzene rings is 2. The molecule has 3 rings (SSSR count). The van der Waals surface area contributed by atoms with Crippen molar-refractivity contribution in [1.29, 1.82) is 0 Å². The van der Waals surface area contributed by atoms with Crippen LogP contribution in [0.2, 0.25) is 0 Å². The van der Waals surface area contributed by atoms with Gasteiger partial charge in [-0.2, -0.15) is 5.10 Å². The van der Waals surface area contributed by atoms with Crippen LogP contribution in [0.25, 0.3) is 0 Å². The highest BCUT2D eigenvalue weighted by Crippen LogP contribution is 2.13. The van der Waals surface area contributed by atoms with Gasteiger partial charge < -0.3 is 4.74 Å². The molecule has 1 amide bonds. The average Bonchev–Trinajstić information content (AvgIpc) is 3.10. The Balaban J connectivity index is 1.51. The summed E-state index contributed by atoms with van der Waals surface area (Å²) in [5.74, 6) is -0.159. The number of hydrazine groups is 1. The van der Waals surface area contributed by atoms with Crippen molar-refractivity contribution in [2.75, 3.05) is 0 Å². The molecule has 7 nitrogen and oxygen atoms in total. The molecule has 1 aliphatic heterocycles. The minimum absolute atomic E-state index is 0.188. The van der Waals surface area contributed by atoms with Crippen LogP contribution in [0.3, 0.4) is 0 Å². The number of carbonyl (C=O) groups is 2. The lowest BCUT2D eigenvalue weighted by atomic mass is 10.1. The summed E-state index contributed by atoms with van der Waals surface area (Å²) in [6.45, 7) is 2.00. The fraction of sp³-hybridized carbons (Fsp3) is 0.211. The van der Waals surface area contributed by atoms with Gasteiger partial charge in [0.05, 0.1) is 11.8 Å². The molecule has 0 aromatic heterocycles. The van der Waals surface area contributed by atoms with Crippen LogP contribution < -0.4 is 21.0 Å². The van der Waals surface area contributed by atoms with Gasteiger partial charge in [0.25, 0.3) is 5.91 Å². The molecule has 2 unspecified atom stereocenters. The first-order chi connectivity index (χ1) is 12.6. The van der Waals surface area contributed by atoms with Gasteiger partial charge in [0.15, 0.2) is 0 Å². The molecule has 0 bridgehead atoms. The Labute approximate surface area is 151 Å². The molecule has 7 heteroatoms. The Morgan fingerprint density at radius 2 is 1.85 bits per heavy atom. The minimum Gasteiger partial charge on any atom is -0.423 e. The molecular formula is C19H20N4O3. The van der Waals surface area contributed by atoms with Gasteiger partial charge in [0.1, 0.15) is 11.8 Å². The third kappa shape index (κ3) is 4.75. The lowest BCUT2D eigenvalue weighted by Crippen LogP contribution is -2.41. The SMILES string of the molecule is CC1CC(C(=O)N/N=C/c2ccc(OC(=O)c3ccccc3)cc2)NN1. The lowest BCUT2D eigenvalue weighted by Gasteiger charge is -2.06. The number of amides is 1. The highest BCUT2D eigenvalue weighted by atomic mass is 16.5. The summed E-state index contributed by atoms with van der Waals surface area (Å²) < 4.78 is 5.31. The van der Waals surface area contributed by atoms with E-state index in [-0.39, 0.29) is 18.0 Å². The third-order valence-corrected chi connectivity index (χ3v) is 3.90. The van der Waals surface area contributed by atoms with Crippen LogP contribution in [0.4, 0.5) is 0 Å². The van der Waals surface area contributed by atoms with Crippen molar-refractivity contribution in [2.45, 2.75) is 25.4 Å². The molecule has 26 heavy (non-hydrogen) atoms. The number of nitrogens with one attached hydrogen (secondary N) is 3. The van der Waals surface area contributed by atoms with Crippen molar-refractivity contribution in [3.05, 3.63) is 65.7 Å². The van der Waals surface area contributed by atoms with E-state index >= 15 is 0 Å². The molecule has 1 aliphatic rings. The third-order valence-electron chi connectivity index (χ3n) is 3.90. The zero-order valence-corrected chi connectivity index (χ0v) is 14.3. The normalized spacial score (nSPS) is 19.4. The number of hydrazone groups is 1. The summed E-state index contributed by atoms with van der Waals surface area (Å²) >= 11 is 0. The zero-order chi connectivity index (χ0) is 18.4. The molecule has 1 heterocycles. The molecule has 2 aromatic rings. The summed E-state index contributed by atoms with van der Waals surface area (Å²) in [5, 5.41) is 3.95. The molecule has 0 aliphatic carbocycles. The largest absolute Gasteiger partial charge is 0.423 e. The molecule has 1 saturated heterocycles. The monoisotopic (exact) mass is 352 g/mol. The Bertz CT molecular complexity index is 790. The van der Waals surface area contributed by atoms with E-state index in [1.165, 1.54) is 6.21 Å². The second kappa shape index (κ2) is 8.37. The van der Waals surface area contributed by atoms with Gasteiger partial charge in [-0.3, -0.25) is 10.2 Å². The first-order valence-electron chi connectivity index (χ1n) is 8.33. The van der Waals surface area contributed by atoms with E-state index < -0.39 is 5.97 Å². The zero-order valence-electron chi connectivity index (χ0n) is 14.3. The molecule has 3 N–H and O–H groups in total. The van der Waals surface area contributed by atoms with E-state index in [1.54, 1.807) is 48.5 Å². The number of rotatable bonds is 5. The molecule has 2 atom stereocenters. The molecule has 0 saturated carbocycles. The predicted octanol–water partition coefficient (Wildman–Crippen LogP) is 1.61. The van der Waals surface area contributed by atoms with Crippen molar-refractivity contribution < 1.29 is 14.3 Å². The average molecular weight is 352 g/mol. The van der Waals surface area contributed by atoms with Gasteiger partial charge in [-0.1, -0.05) is 18.2 Å². The van der Waals surface area contributed by atoms with E-state index in [2.05, 4.69) is 21.4 Å². The van der Waals surface area contributed by atoms with Crippen molar-refractivity contribution in [1.82, 2.24) is 16.3 Å². The Morgan fingerprint density at radius 3 is 2.50 bits per heavy atom. The van der Waals surface area contributed by atoms with Crippen LogP contribution in [-0.2, 0) is 4.79 Å². The second-order valence-corrected chi connectivity index (χ2v) is 6.04. The fourth-order valence-corrected chi connectivity index (χ4v) is 2.50. The van der Waals surface area contributed by atoms with Gasteiger partial charge in [0.2, 0.25) is 0 Å². The van der Waals surface area contributed by atoms with E-state index in [0.717, 1.165) is 5.56 Å². The van der Waals surface area contributed by atoms with E-state index in [4.69, 9.17) is 4.74 Å². The van der Waals surface area contributed by atoms with Crippen molar-refractivity contribution in [2.24, 2.45) is 5.10 Å². The topological polar surface area (TPSA) is 91.8 Å². The number of ether oxygens (including phenoxy) is 1. The number of carbonyl (C=O) groups excluding carboxylic acids is 2. The number of esters is 1. The molecular weight excluding hydrogens is 332 g/mol. The fourth-order valence-electron chi connectivity index (χ4n) is 2.50. The van der Waals surface area contributed by atoms with Crippen molar-refractivity contribution in [3.63, 3.8) is 0 Å². The highest BCUT2D eigenvalue weighted by molar-refractivity contribution is 5.91. The first kappa shape index (κ1) is 17.8. The maximum Gasteiger partial charge on any atom is 0.343 e. The highest BCUT2D eigenvalue weighted by Gasteiger charge is 2.26. The van der Waals surface area contributed by atoms with Crippen LogP contribution in [0.5, 0.6) is 5.75 Å².